The van der Waals surface area contributed by atoms with Gasteiger partial charge in [-0.2, -0.15) is 0 Å². The monoisotopic (exact) mass is 295 g/mol. The van der Waals surface area contributed by atoms with Crippen molar-refractivity contribution in [3.63, 3.8) is 0 Å². The summed E-state index contributed by atoms with van der Waals surface area (Å²) in [5.74, 6) is 1.17. The minimum absolute atomic E-state index is 0.147. The van der Waals surface area contributed by atoms with Gasteiger partial charge in [0, 0.05) is 12.4 Å². The van der Waals surface area contributed by atoms with E-state index in [0.717, 1.165) is 19.3 Å². The normalized spacial score (nSPS) is 19.6. The molecule has 0 bridgehead atoms. The molecule has 0 unspecified atom stereocenters. The van der Waals surface area contributed by atoms with Crippen LogP contribution in [0.1, 0.15) is 52.4 Å². The van der Waals surface area contributed by atoms with Crippen LogP contribution in [-0.4, -0.2) is 26.6 Å². The van der Waals surface area contributed by atoms with Crippen LogP contribution in [0.5, 0.6) is 0 Å². The maximum Gasteiger partial charge on any atom is 0.211 e. The molecule has 0 saturated heterocycles. The van der Waals surface area contributed by atoms with E-state index < -0.39 is 10.0 Å². The summed E-state index contributed by atoms with van der Waals surface area (Å²) in [6.07, 6.45) is 6.41. The van der Waals surface area contributed by atoms with E-state index in [9.17, 15) is 8.42 Å². The fraction of sp³-hybridized carbons (Fsp3) is 1.00. The fourth-order valence-electron chi connectivity index (χ4n) is 3.02. The van der Waals surface area contributed by atoms with Gasteiger partial charge in [0.15, 0.2) is 0 Å². The van der Waals surface area contributed by atoms with Crippen LogP contribution in [-0.2, 0) is 10.0 Å². The van der Waals surface area contributed by atoms with E-state index in [1.807, 2.05) is 0 Å². The molecular weight excluding hydrogens is 270 g/mol. The van der Waals surface area contributed by atoms with E-state index in [0.29, 0.717) is 24.8 Å². The number of sulfonamides is 1. The minimum atomic E-state index is -3.14. The van der Waals surface area contributed by atoms with E-state index in [-0.39, 0.29) is 11.2 Å². The molecular formula is C13H26ClNO2S. The third-order valence-electron chi connectivity index (χ3n) is 3.72. The third kappa shape index (κ3) is 5.45. The van der Waals surface area contributed by atoms with Crippen LogP contribution < -0.4 is 4.72 Å². The highest BCUT2D eigenvalue weighted by molar-refractivity contribution is 7.89. The van der Waals surface area contributed by atoms with E-state index in [4.69, 9.17) is 11.6 Å². The summed E-state index contributed by atoms with van der Waals surface area (Å²) in [4.78, 5) is 0. The Morgan fingerprint density at radius 3 is 2.39 bits per heavy atom. The highest BCUT2D eigenvalue weighted by Gasteiger charge is 2.35. The lowest BCUT2D eigenvalue weighted by Gasteiger charge is -2.31. The smallest absolute Gasteiger partial charge is 0.211 e. The molecule has 0 aromatic heterocycles. The molecule has 1 aliphatic rings. The van der Waals surface area contributed by atoms with Gasteiger partial charge in [-0.15, -0.1) is 11.6 Å². The number of hydrogen-bond acceptors (Lipinski definition) is 2. The first kappa shape index (κ1) is 16.3. The molecule has 0 aromatic rings. The molecule has 0 atom stereocenters. The van der Waals surface area contributed by atoms with Gasteiger partial charge in [-0.3, -0.25) is 0 Å². The molecule has 5 heteroatoms. The highest BCUT2D eigenvalue weighted by atomic mass is 35.5. The van der Waals surface area contributed by atoms with Crippen molar-refractivity contribution < 1.29 is 8.42 Å². The number of rotatable bonds is 8. The Morgan fingerprint density at radius 2 is 1.89 bits per heavy atom. The maximum atomic E-state index is 11.8. The van der Waals surface area contributed by atoms with Crippen molar-refractivity contribution in [1.29, 1.82) is 0 Å². The Hall–Kier alpha value is 0.200. The van der Waals surface area contributed by atoms with Crippen LogP contribution in [0.4, 0.5) is 0 Å². The molecule has 0 aromatic carbocycles. The second kappa shape index (κ2) is 7.11. The summed E-state index contributed by atoms with van der Waals surface area (Å²) in [7, 11) is -3.14. The van der Waals surface area contributed by atoms with Crippen molar-refractivity contribution in [3.8, 4) is 0 Å². The minimum Gasteiger partial charge on any atom is -0.215 e. The van der Waals surface area contributed by atoms with Gasteiger partial charge < -0.3 is 0 Å². The van der Waals surface area contributed by atoms with Crippen molar-refractivity contribution in [2.75, 3.05) is 18.2 Å². The molecule has 18 heavy (non-hydrogen) atoms. The molecule has 1 rings (SSSR count). The van der Waals surface area contributed by atoms with E-state index in [2.05, 4.69) is 18.6 Å². The highest BCUT2D eigenvalue weighted by Crippen LogP contribution is 2.42. The first-order valence-electron chi connectivity index (χ1n) is 6.92. The van der Waals surface area contributed by atoms with Crippen LogP contribution >= 0.6 is 11.6 Å². The fourth-order valence-corrected chi connectivity index (χ4v) is 4.51. The Kier molecular flexibility index (Phi) is 6.42. The molecule has 1 saturated carbocycles. The van der Waals surface area contributed by atoms with Gasteiger partial charge in [-0.25, -0.2) is 13.1 Å². The molecule has 0 amide bonds. The quantitative estimate of drug-likeness (QED) is 0.699. The van der Waals surface area contributed by atoms with Crippen molar-refractivity contribution in [1.82, 2.24) is 4.72 Å². The topological polar surface area (TPSA) is 46.2 Å². The summed E-state index contributed by atoms with van der Waals surface area (Å²) >= 11 is 5.54. The van der Waals surface area contributed by atoms with Gasteiger partial charge in [0.25, 0.3) is 0 Å². The van der Waals surface area contributed by atoms with Crippen LogP contribution in [0.15, 0.2) is 0 Å². The Morgan fingerprint density at radius 1 is 1.28 bits per heavy atom. The largest absolute Gasteiger partial charge is 0.215 e. The summed E-state index contributed by atoms with van der Waals surface area (Å²) in [6, 6.07) is 0. The summed E-state index contributed by atoms with van der Waals surface area (Å²) < 4.78 is 26.4. The third-order valence-corrected chi connectivity index (χ3v) is 5.40. The average Bonchev–Trinajstić information content (AvgIpc) is 2.72. The lowest BCUT2D eigenvalue weighted by molar-refractivity contribution is 0.236. The van der Waals surface area contributed by atoms with Crippen molar-refractivity contribution in [3.05, 3.63) is 0 Å². The Bertz CT molecular complexity index is 335. The molecule has 1 fully saturated rings. The van der Waals surface area contributed by atoms with Crippen molar-refractivity contribution >= 4 is 21.6 Å². The van der Waals surface area contributed by atoms with Crippen LogP contribution in [0, 0.1) is 11.3 Å². The lowest BCUT2D eigenvalue weighted by Crippen LogP contribution is -2.38. The van der Waals surface area contributed by atoms with Crippen LogP contribution in [0.25, 0.3) is 0 Å². The predicted octanol–water partition coefficient (Wildman–Crippen LogP) is 3.14. The molecule has 0 heterocycles. The molecule has 0 radical (unpaired) electrons. The molecule has 1 N–H and O–H groups in total. The number of halogens is 1. The van der Waals surface area contributed by atoms with Gasteiger partial charge in [0.1, 0.15) is 0 Å². The Labute approximate surface area is 117 Å². The second-order valence-electron chi connectivity index (χ2n) is 5.99. The zero-order valence-corrected chi connectivity index (χ0v) is 13.1. The first-order chi connectivity index (χ1) is 8.39. The zero-order valence-electron chi connectivity index (χ0n) is 11.5. The van der Waals surface area contributed by atoms with Crippen molar-refractivity contribution in [2.24, 2.45) is 11.3 Å². The average molecular weight is 296 g/mol. The predicted molar refractivity (Wildman–Crippen MR) is 77.5 cm³/mol. The Balaban J connectivity index is 2.52. The van der Waals surface area contributed by atoms with Gasteiger partial charge in [-0.1, -0.05) is 26.7 Å². The first-order valence-corrected chi connectivity index (χ1v) is 9.11. The van der Waals surface area contributed by atoms with Gasteiger partial charge in [0.05, 0.1) is 5.75 Å². The number of hydrogen-bond donors (Lipinski definition) is 1. The SMILES string of the molecule is CC(C)CC1(CNS(=O)(=O)CCCCl)CCCC1. The number of nitrogens with one attached hydrogen (secondary N) is 1. The molecule has 3 nitrogen and oxygen atoms in total. The van der Waals surface area contributed by atoms with Crippen LogP contribution in [0.2, 0.25) is 0 Å². The molecule has 0 spiro atoms. The molecule has 1 aliphatic carbocycles. The standard InChI is InChI=1S/C13H26ClNO2S/c1-12(2)10-13(6-3-4-7-13)11-15-18(16,17)9-5-8-14/h12,15H,3-11H2,1-2H3. The van der Waals surface area contributed by atoms with Gasteiger partial charge in [0.2, 0.25) is 10.0 Å². The number of alkyl halides is 1. The summed E-state index contributed by atoms with van der Waals surface area (Å²) in [6.45, 7) is 5.03. The summed E-state index contributed by atoms with van der Waals surface area (Å²) in [5, 5.41) is 0. The maximum absolute atomic E-state index is 11.8. The van der Waals surface area contributed by atoms with Gasteiger partial charge >= 0.3 is 0 Å². The molecule has 108 valence electrons. The van der Waals surface area contributed by atoms with Gasteiger partial charge in [-0.05, 0) is 37.0 Å². The van der Waals surface area contributed by atoms with Crippen LogP contribution in [0.3, 0.4) is 0 Å². The second-order valence-corrected chi connectivity index (χ2v) is 8.29. The molecule has 0 aliphatic heterocycles. The zero-order chi connectivity index (χ0) is 13.6. The van der Waals surface area contributed by atoms with E-state index in [1.54, 1.807) is 0 Å². The lowest BCUT2D eigenvalue weighted by atomic mass is 9.79. The van der Waals surface area contributed by atoms with E-state index >= 15 is 0 Å². The van der Waals surface area contributed by atoms with E-state index in [1.165, 1.54) is 12.8 Å². The summed E-state index contributed by atoms with van der Waals surface area (Å²) in [5.41, 5.74) is 0.197. The van der Waals surface area contributed by atoms with Crippen molar-refractivity contribution in [2.45, 2.75) is 52.4 Å².